The van der Waals surface area contributed by atoms with Crippen LogP contribution in [0.4, 0.5) is 0 Å². The lowest BCUT2D eigenvalue weighted by molar-refractivity contribution is 0.231. The molecule has 14 heavy (non-hydrogen) atoms. The second kappa shape index (κ2) is 5.12. The lowest BCUT2D eigenvalue weighted by atomic mass is 10.00. The smallest absolute Gasteiger partial charge is 0.0931 e. The first-order valence-electron chi connectivity index (χ1n) is 4.68. The summed E-state index contributed by atoms with van der Waals surface area (Å²) >= 11 is 7.56. The molecule has 0 amide bonds. The zero-order valence-corrected chi connectivity index (χ0v) is 10.4. The highest BCUT2D eigenvalue weighted by Gasteiger charge is 2.21. The van der Waals surface area contributed by atoms with Gasteiger partial charge in [0.2, 0.25) is 0 Å². The van der Waals surface area contributed by atoms with Crippen LogP contribution in [0.1, 0.15) is 17.8 Å². The standard InChI is InChI=1S/C10H17ClN2S/c1-7(6-12)10(13(2)3)8-4-5-9(11)14-8/h4-5,7,10H,6,12H2,1-3H3. The van der Waals surface area contributed by atoms with Crippen molar-refractivity contribution in [2.24, 2.45) is 11.7 Å². The van der Waals surface area contributed by atoms with Crippen molar-refractivity contribution >= 4 is 22.9 Å². The molecule has 1 aromatic rings. The van der Waals surface area contributed by atoms with Crippen LogP contribution in [0.2, 0.25) is 4.34 Å². The summed E-state index contributed by atoms with van der Waals surface area (Å²) in [6, 6.07) is 4.41. The van der Waals surface area contributed by atoms with Crippen molar-refractivity contribution in [1.29, 1.82) is 0 Å². The van der Waals surface area contributed by atoms with Gasteiger partial charge in [0.25, 0.3) is 0 Å². The first kappa shape index (κ1) is 12.0. The van der Waals surface area contributed by atoms with Gasteiger partial charge in [0.1, 0.15) is 0 Å². The largest absolute Gasteiger partial charge is 0.330 e. The average Bonchev–Trinajstić information content (AvgIpc) is 2.51. The van der Waals surface area contributed by atoms with Gasteiger partial charge in [0, 0.05) is 10.9 Å². The van der Waals surface area contributed by atoms with Crippen LogP contribution in [0.15, 0.2) is 12.1 Å². The Bertz CT molecular complexity index is 285. The Kier molecular flexibility index (Phi) is 4.38. The summed E-state index contributed by atoms with van der Waals surface area (Å²) in [6.45, 7) is 2.86. The van der Waals surface area contributed by atoms with Crippen molar-refractivity contribution in [3.8, 4) is 0 Å². The minimum absolute atomic E-state index is 0.373. The fraction of sp³-hybridized carbons (Fsp3) is 0.600. The van der Waals surface area contributed by atoms with Crippen molar-refractivity contribution < 1.29 is 0 Å². The fourth-order valence-electron chi connectivity index (χ4n) is 1.66. The van der Waals surface area contributed by atoms with Crippen molar-refractivity contribution in [3.05, 3.63) is 21.3 Å². The zero-order valence-electron chi connectivity index (χ0n) is 8.83. The normalized spacial score (nSPS) is 15.9. The number of nitrogens with zero attached hydrogens (tertiary/aromatic N) is 1. The lowest BCUT2D eigenvalue weighted by Crippen LogP contribution is -2.29. The van der Waals surface area contributed by atoms with Gasteiger partial charge < -0.3 is 10.6 Å². The van der Waals surface area contributed by atoms with E-state index in [0.29, 0.717) is 18.5 Å². The van der Waals surface area contributed by atoms with Gasteiger partial charge in [-0.1, -0.05) is 18.5 Å². The van der Waals surface area contributed by atoms with Gasteiger partial charge in [0.05, 0.1) is 4.34 Å². The summed E-state index contributed by atoms with van der Waals surface area (Å²) in [6.07, 6.45) is 0. The van der Waals surface area contributed by atoms with Gasteiger partial charge in [-0.2, -0.15) is 0 Å². The van der Waals surface area contributed by atoms with Crippen LogP contribution in [0.5, 0.6) is 0 Å². The zero-order chi connectivity index (χ0) is 10.7. The van der Waals surface area contributed by atoms with E-state index < -0.39 is 0 Å². The Labute approximate surface area is 94.7 Å². The van der Waals surface area contributed by atoms with E-state index in [1.54, 1.807) is 11.3 Å². The van der Waals surface area contributed by atoms with Crippen LogP contribution < -0.4 is 5.73 Å². The molecule has 0 aliphatic carbocycles. The second-order valence-electron chi connectivity index (χ2n) is 3.76. The van der Waals surface area contributed by atoms with Crippen molar-refractivity contribution in [2.75, 3.05) is 20.6 Å². The predicted octanol–water partition coefficient (Wildman–Crippen LogP) is 2.60. The Morgan fingerprint density at radius 2 is 2.14 bits per heavy atom. The van der Waals surface area contributed by atoms with Gasteiger partial charge in [-0.05, 0) is 38.7 Å². The van der Waals surface area contributed by atoms with E-state index >= 15 is 0 Å². The van der Waals surface area contributed by atoms with E-state index in [1.807, 2.05) is 6.07 Å². The second-order valence-corrected chi connectivity index (χ2v) is 5.51. The number of halogens is 1. The number of thiophene rings is 1. The van der Waals surface area contributed by atoms with Crippen LogP contribution in [0.25, 0.3) is 0 Å². The molecule has 0 saturated carbocycles. The molecule has 0 aliphatic heterocycles. The van der Waals surface area contributed by atoms with E-state index in [9.17, 15) is 0 Å². The summed E-state index contributed by atoms with van der Waals surface area (Å²) in [4.78, 5) is 3.48. The SMILES string of the molecule is CC(CN)C(c1ccc(Cl)s1)N(C)C. The molecule has 2 N–H and O–H groups in total. The molecular formula is C10H17ClN2S. The summed E-state index contributed by atoms with van der Waals surface area (Å²) in [5.41, 5.74) is 5.70. The third-order valence-corrected chi connectivity index (χ3v) is 3.65. The molecule has 2 atom stereocenters. The molecular weight excluding hydrogens is 216 g/mol. The number of rotatable bonds is 4. The molecule has 80 valence electrons. The summed E-state index contributed by atoms with van der Waals surface area (Å²) < 4.78 is 0.844. The Balaban J connectivity index is 2.88. The van der Waals surface area contributed by atoms with Gasteiger partial charge >= 0.3 is 0 Å². The minimum atomic E-state index is 0.373. The lowest BCUT2D eigenvalue weighted by Gasteiger charge is -2.28. The molecule has 1 aromatic heterocycles. The van der Waals surface area contributed by atoms with E-state index in [-0.39, 0.29) is 0 Å². The topological polar surface area (TPSA) is 29.3 Å². The Morgan fingerprint density at radius 1 is 1.50 bits per heavy atom. The highest BCUT2D eigenvalue weighted by molar-refractivity contribution is 7.16. The van der Waals surface area contributed by atoms with Gasteiger partial charge in [0.15, 0.2) is 0 Å². The Morgan fingerprint density at radius 3 is 2.50 bits per heavy atom. The van der Waals surface area contributed by atoms with Crippen LogP contribution in [-0.2, 0) is 0 Å². The first-order valence-corrected chi connectivity index (χ1v) is 5.87. The fourth-order valence-corrected chi connectivity index (χ4v) is 3.05. The first-order chi connectivity index (χ1) is 6.56. The van der Waals surface area contributed by atoms with Crippen molar-refractivity contribution in [2.45, 2.75) is 13.0 Å². The minimum Gasteiger partial charge on any atom is -0.330 e. The molecule has 0 aliphatic rings. The molecule has 0 saturated heterocycles. The molecule has 1 heterocycles. The maximum Gasteiger partial charge on any atom is 0.0931 e. The Hall–Kier alpha value is -0.0900. The third-order valence-electron chi connectivity index (χ3n) is 2.35. The monoisotopic (exact) mass is 232 g/mol. The van der Waals surface area contributed by atoms with Crippen LogP contribution in [-0.4, -0.2) is 25.5 Å². The van der Waals surface area contributed by atoms with Crippen LogP contribution in [0, 0.1) is 5.92 Å². The predicted molar refractivity (Wildman–Crippen MR) is 64.0 cm³/mol. The maximum atomic E-state index is 5.93. The van der Waals surface area contributed by atoms with Crippen LogP contribution in [0.3, 0.4) is 0 Å². The maximum absolute atomic E-state index is 5.93. The molecule has 1 rings (SSSR count). The molecule has 0 bridgehead atoms. The van der Waals surface area contributed by atoms with Gasteiger partial charge in [-0.25, -0.2) is 0 Å². The van der Waals surface area contributed by atoms with E-state index in [0.717, 1.165) is 4.34 Å². The molecule has 0 radical (unpaired) electrons. The molecule has 2 unspecified atom stereocenters. The van der Waals surface area contributed by atoms with Crippen molar-refractivity contribution in [1.82, 2.24) is 4.90 Å². The molecule has 0 spiro atoms. The summed E-state index contributed by atoms with van der Waals surface area (Å²) in [5, 5.41) is 0. The van der Waals surface area contributed by atoms with Gasteiger partial charge in [-0.3, -0.25) is 0 Å². The summed E-state index contributed by atoms with van der Waals surface area (Å²) in [5.74, 6) is 0.444. The van der Waals surface area contributed by atoms with E-state index in [4.69, 9.17) is 17.3 Å². The number of hydrogen-bond acceptors (Lipinski definition) is 3. The quantitative estimate of drug-likeness (QED) is 0.865. The van der Waals surface area contributed by atoms with E-state index in [1.165, 1.54) is 4.88 Å². The third kappa shape index (κ3) is 2.70. The van der Waals surface area contributed by atoms with Crippen LogP contribution >= 0.6 is 22.9 Å². The molecule has 2 nitrogen and oxygen atoms in total. The van der Waals surface area contributed by atoms with Crippen molar-refractivity contribution in [3.63, 3.8) is 0 Å². The number of nitrogens with two attached hydrogens (primary N) is 1. The highest BCUT2D eigenvalue weighted by Crippen LogP contribution is 2.33. The highest BCUT2D eigenvalue weighted by atomic mass is 35.5. The van der Waals surface area contributed by atoms with E-state index in [2.05, 4.69) is 32.0 Å². The van der Waals surface area contributed by atoms with Gasteiger partial charge in [-0.15, -0.1) is 11.3 Å². The molecule has 4 heteroatoms. The summed E-state index contributed by atoms with van der Waals surface area (Å²) in [7, 11) is 4.15. The average molecular weight is 233 g/mol. The molecule has 0 aromatic carbocycles. The number of hydrogen-bond donors (Lipinski definition) is 1. The molecule has 0 fully saturated rings.